The fraction of sp³-hybridized carbons (Fsp3) is 0.556. The van der Waals surface area contributed by atoms with Gasteiger partial charge in [-0.25, -0.2) is 9.97 Å². The smallest absolute Gasteiger partial charge is 0.115 e. The summed E-state index contributed by atoms with van der Waals surface area (Å²) in [6, 6.07) is 0. The molecule has 1 aliphatic carbocycles. The van der Waals surface area contributed by atoms with Crippen molar-refractivity contribution in [2.24, 2.45) is 0 Å². The van der Waals surface area contributed by atoms with Crippen molar-refractivity contribution in [2.45, 2.75) is 30.6 Å². The summed E-state index contributed by atoms with van der Waals surface area (Å²) in [5, 5.41) is 0.288. The van der Waals surface area contributed by atoms with Gasteiger partial charge < -0.3 is 0 Å². The zero-order valence-electron chi connectivity index (χ0n) is 6.78. The molecule has 1 fully saturated rings. The maximum atomic E-state index is 6.16. The summed E-state index contributed by atoms with van der Waals surface area (Å²) in [5.41, 5.74) is 1.19. The van der Waals surface area contributed by atoms with Gasteiger partial charge in [0.2, 0.25) is 0 Å². The minimum atomic E-state index is 0.288. The Morgan fingerprint density at radius 2 is 2.00 bits per heavy atom. The number of hydrogen-bond acceptors (Lipinski definition) is 2. The lowest BCUT2D eigenvalue weighted by atomic mass is 10.0. The monoisotopic (exact) mass is 182 g/mol. The van der Waals surface area contributed by atoms with Crippen molar-refractivity contribution in [1.82, 2.24) is 9.97 Å². The molecule has 1 aromatic heterocycles. The molecule has 1 saturated carbocycles. The SMILES string of the molecule is ClC1CCCC1c1cncnc1. The standard InChI is InChI=1S/C9H11ClN2/c10-9-3-1-2-8(9)7-4-11-6-12-5-7/h4-6,8-9H,1-3H2. The Labute approximate surface area is 77.0 Å². The predicted octanol–water partition coefficient (Wildman–Crippen LogP) is 2.35. The molecule has 0 aromatic carbocycles. The number of alkyl halides is 1. The summed E-state index contributed by atoms with van der Waals surface area (Å²) in [7, 11) is 0. The maximum Gasteiger partial charge on any atom is 0.115 e. The highest BCUT2D eigenvalue weighted by molar-refractivity contribution is 6.21. The van der Waals surface area contributed by atoms with Crippen molar-refractivity contribution >= 4 is 11.6 Å². The van der Waals surface area contributed by atoms with Crippen LogP contribution in [0.5, 0.6) is 0 Å². The molecule has 0 spiro atoms. The van der Waals surface area contributed by atoms with Gasteiger partial charge in [-0.1, -0.05) is 6.42 Å². The minimum Gasteiger partial charge on any atom is -0.245 e. The Hall–Kier alpha value is -0.630. The van der Waals surface area contributed by atoms with E-state index in [2.05, 4.69) is 9.97 Å². The van der Waals surface area contributed by atoms with E-state index in [9.17, 15) is 0 Å². The highest BCUT2D eigenvalue weighted by Crippen LogP contribution is 2.37. The van der Waals surface area contributed by atoms with Gasteiger partial charge in [-0.3, -0.25) is 0 Å². The first kappa shape index (κ1) is 7.99. The van der Waals surface area contributed by atoms with Gasteiger partial charge >= 0.3 is 0 Å². The molecule has 3 heteroatoms. The lowest BCUT2D eigenvalue weighted by Crippen LogP contribution is -2.05. The molecule has 1 aromatic rings. The summed E-state index contributed by atoms with van der Waals surface area (Å²) in [5.74, 6) is 0.480. The first-order valence-corrected chi connectivity index (χ1v) is 4.70. The summed E-state index contributed by atoms with van der Waals surface area (Å²) < 4.78 is 0. The first-order valence-electron chi connectivity index (χ1n) is 4.27. The molecule has 2 rings (SSSR count). The molecule has 0 N–H and O–H groups in total. The maximum absolute atomic E-state index is 6.16. The third kappa shape index (κ3) is 1.44. The molecular formula is C9H11ClN2. The molecule has 12 heavy (non-hydrogen) atoms. The zero-order valence-corrected chi connectivity index (χ0v) is 7.54. The molecule has 1 aliphatic rings. The van der Waals surface area contributed by atoms with Crippen LogP contribution in [0.15, 0.2) is 18.7 Å². The lowest BCUT2D eigenvalue weighted by molar-refractivity contribution is 0.720. The van der Waals surface area contributed by atoms with Gasteiger partial charge in [0.25, 0.3) is 0 Å². The largest absolute Gasteiger partial charge is 0.245 e. The Bertz CT molecular complexity index is 250. The minimum absolute atomic E-state index is 0.288. The van der Waals surface area contributed by atoms with Crippen LogP contribution in [0, 0.1) is 0 Å². The number of hydrogen-bond donors (Lipinski definition) is 0. The molecular weight excluding hydrogens is 172 g/mol. The summed E-state index contributed by atoms with van der Waals surface area (Å²) >= 11 is 6.16. The molecule has 0 saturated heterocycles. The Balaban J connectivity index is 2.19. The zero-order chi connectivity index (χ0) is 8.39. The molecule has 2 atom stereocenters. The van der Waals surface area contributed by atoms with E-state index in [1.807, 2.05) is 12.4 Å². The second kappa shape index (κ2) is 3.40. The van der Waals surface area contributed by atoms with E-state index in [0.29, 0.717) is 5.92 Å². The lowest BCUT2D eigenvalue weighted by Gasteiger charge is -2.11. The van der Waals surface area contributed by atoms with Crippen LogP contribution in [-0.2, 0) is 0 Å². The Morgan fingerprint density at radius 3 is 2.58 bits per heavy atom. The highest BCUT2D eigenvalue weighted by Gasteiger charge is 2.26. The van der Waals surface area contributed by atoms with Crippen molar-refractivity contribution < 1.29 is 0 Å². The van der Waals surface area contributed by atoms with Crippen molar-refractivity contribution in [3.8, 4) is 0 Å². The highest BCUT2D eigenvalue weighted by atomic mass is 35.5. The number of halogens is 1. The predicted molar refractivity (Wildman–Crippen MR) is 48.3 cm³/mol. The van der Waals surface area contributed by atoms with Crippen LogP contribution in [0.25, 0.3) is 0 Å². The topological polar surface area (TPSA) is 25.8 Å². The second-order valence-corrected chi connectivity index (χ2v) is 3.79. The van der Waals surface area contributed by atoms with Crippen LogP contribution in [-0.4, -0.2) is 15.3 Å². The van der Waals surface area contributed by atoms with Gasteiger partial charge in [0.1, 0.15) is 6.33 Å². The van der Waals surface area contributed by atoms with Crippen molar-refractivity contribution in [1.29, 1.82) is 0 Å². The van der Waals surface area contributed by atoms with Crippen LogP contribution in [0.2, 0.25) is 0 Å². The van der Waals surface area contributed by atoms with Crippen LogP contribution >= 0.6 is 11.6 Å². The van der Waals surface area contributed by atoms with Crippen LogP contribution in [0.4, 0.5) is 0 Å². The molecule has 1 heterocycles. The molecule has 0 aliphatic heterocycles. The van der Waals surface area contributed by atoms with Crippen LogP contribution in [0.3, 0.4) is 0 Å². The quantitative estimate of drug-likeness (QED) is 0.624. The van der Waals surface area contributed by atoms with Gasteiger partial charge in [0.05, 0.1) is 0 Å². The van der Waals surface area contributed by atoms with Gasteiger partial charge in [-0.05, 0) is 18.4 Å². The van der Waals surface area contributed by atoms with E-state index >= 15 is 0 Å². The summed E-state index contributed by atoms with van der Waals surface area (Å²) in [6.07, 6.45) is 8.84. The third-order valence-electron chi connectivity index (χ3n) is 2.44. The fourth-order valence-electron chi connectivity index (χ4n) is 1.79. The molecule has 0 bridgehead atoms. The average Bonchev–Trinajstić information content (AvgIpc) is 2.53. The van der Waals surface area contributed by atoms with E-state index in [1.54, 1.807) is 6.33 Å². The van der Waals surface area contributed by atoms with Crippen molar-refractivity contribution in [2.75, 3.05) is 0 Å². The van der Waals surface area contributed by atoms with E-state index in [4.69, 9.17) is 11.6 Å². The van der Waals surface area contributed by atoms with E-state index in [0.717, 1.165) is 6.42 Å². The number of rotatable bonds is 1. The van der Waals surface area contributed by atoms with E-state index in [1.165, 1.54) is 18.4 Å². The molecule has 64 valence electrons. The van der Waals surface area contributed by atoms with Crippen molar-refractivity contribution in [3.05, 3.63) is 24.3 Å². The second-order valence-electron chi connectivity index (χ2n) is 3.23. The van der Waals surface area contributed by atoms with Crippen molar-refractivity contribution in [3.63, 3.8) is 0 Å². The molecule has 0 radical (unpaired) electrons. The Kier molecular flexibility index (Phi) is 2.26. The molecule has 2 unspecified atom stereocenters. The molecule has 2 nitrogen and oxygen atoms in total. The van der Waals surface area contributed by atoms with Gasteiger partial charge in [-0.2, -0.15) is 0 Å². The van der Waals surface area contributed by atoms with Crippen LogP contribution in [0.1, 0.15) is 30.7 Å². The van der Waals surface area contributed by atoms with E-state index in [-0.39, 0.29) is 5.38 Å². The number of aromatic nitrogens is 2. The first-order chi connectivity index (χ1) is 5.88. The Morgan fingerprint density at radius 1 is 1.25 bits per heavy atom. The summed E-state index contributed by atoms with van der Waals surface area (Å²) in [4.78, 5) is 7.99. The van der Waals surface area contributed by atoms with E-state index < -0.39 is 0 Å². The number of nitrogens with zero attached hydrogens (tertiary/aromatic N) is 2. The molecule has 0 amide bonds. The van der Waals surface area contributed by atoms with Gasteiger partial charge in [-0.15, -0.1) is 11.6 Å². The van der Waals surface area contributed by atoms with Gasteiger partial charge in [0.15, 0.2) is 0 Å². The fourth-order valence-corrected chi connectivity index (χ4v) is 2.22. The normalized spacial score (nSPS) is 29.1. The average molecular weight is 183 g/mol. The van der Waals surface area contributed by atoms with Gasteiger partial charge in [0, 0.05) is 23.7 Å². The summed E-state index contributed by atoms with van der Waals surface area (Å²) in [6.45, 7) is 0. The van der Waals surface area contributed by atoms with Crippen LogP contribution < -0.4 is 0 Å². The third-order valence-corrected chi connectivity index (χ3v) is 2.96.